The monoisotopic (exact) mass is 329 g/mol. The molecule has 0 saturated carbocycles. The second-order valence-electron chi connectivity index (χ2n) is 5.61. The second kappa shape index (κ2) is 6.11. The standard InChI is InChI=1S/C15H18Cl2FN3/c1-20-6-2-3-10(20)9-21-14-7-11(17)12(18)8-13(14)19-15(21)4-5-16/h7-8,10H,2-6,9H2,1H3. The average molecular weight is 330 g/mol. The van der Waals surface area contributed by atoms with E-state index < -0.39 is 5.82 Å². The van der Waals surface area contributed by atoms with Gasteiger partial charge in [-0.15, -0.1) is 11.6 Å². The molecule has 114 valence electrons. The molecule has 1 aliphatic rings. The largest absolute Gasteiger partial charge is 0.326 e. The van der Waals surface area contributed by atoms with E-state index in [0.717, 1.165) is 24.4 Å². The molecule has 21 heavy (non-hydrogen) atoms. The molecule has 0 aliphatic carbocycles. The Balaban J connectivity index is 2.04. The molecule has 1 aromatic heterocycles. The summed E-state index contributed by atoms with van der Waals surface area (Å²) in [5.41, 5.74) is 1.54. The molecule has 1 unspecified atom stereocenters. The van der Waals surface area contributed by atoms with Gasteiger partial charge in [0.05, 0.1) is 16.1 Å². The maximum Gasteiger partial charge on any atom is 0.144 e. The first-order valence-electron chi connectivity index (χ1n) is 7.20. The van der Waals surface area contributed by atoms with Gasteiger partial charge in [0.25, 0.3) is 0 Å². The Morgan fingerprint density at radius 3 is 2.90 bits per heavy atom. The van der Waals surface area contributed by atoms with Crippen LogP contribution in [0.1, 0.15) is 18.7 Å². The lowest BCUT2D eigenvalue weighted by Crippen LogP contribution is -2.30. The lowest BCUT2D eigenvalue weighted by atomic mass is 10.2. The molecule has 1 atom stereocenters. The first-order valence-corrected chi connectivity index (χ1v) is 8.11. The number of imidazole rings is 1. The van der Waals surface area contributed by atoms with Crippen LogP contribution < -0.4 is 0 Å². The van der Waals surface area contributed by atoms with Crippen molar-refractivity contribution in [2.45, 2.75) is 31.8 Å². The highest BCUT2D eigenvalue weighted by Gasteiger charge is 2.23. The van der Waals surface area contributed by atoms with Gasteiger partial charge in [-0.05, 0) is 32.5 Å². The number of aryl methyl sites for hydroxylation is 1. The predicted molar refractivity (Wildman–Crippen MR) is 84.8 cm³/mol. The zero-order valence-corrected chi connectivity index (χ0v) is 13.5. The molecule has 1 saturated heterocycles. The smallest absolute Gasteiger partial charge is 0.144 e. The van der Waals surface area contributed by atoms with E-state index >= 15 is 0 Å². The number of fused-ring (bicyclic) bond motifs is 1. The second-order valence-corrected chi connectivity index (χ2v) is 6.39. The minimum absolute atomic E-state index is 0.140. The molecule has 1 aliphatic heterocycles. The molecule has 0 N–H and O–H groups in total. The van der Waals surface area contributed by atoms with Crippen LogP contribution in [0.5, 0.6) is 0 Å². The predicted octanol–water partition coefficient (Wildman–Crippen LogP) is 3.70. The van der Waals surface area contributed by atoms with Crippen LogP contribution in [-0.4, -0.2) is 40.0 Å². The number of aromatic nitrogens is 2. The zero-order chi connectivity index (χ0) is 15.0. The summed E-state index contributed by atoms with van der Waals surface area (Å²) in [5.74, 6) is 0.978. The van der Waals surface area contributed by atoms with Gasteiger partial charge in [-0.3, -0.25) is 0 Å². The summed E-state index contributed by atoms with van der Waals surface area (Å²) in [7, 11) is 2.14. The summed E-state index contributed by atoms with van der Waals surface area (Å²) < 4.78 is 15.8. The summed E-state index contributed by atoms with van der Waals surface area (Å²) in [5, 5.41) is 0.140. The lowest BCUT2D eigenvalue weighted by Gasteiger charge is -2.21. The van der Waals surface area contributed by atoms with Crippen LogP contribution in [0.3, 0.4) is 0 Å². The van der Waals surface area contributed by atoms with E-state index in [4.69, 9.17) is 23.2 Å². The Kier molecular flexibility index (Phi) is 4.38. The number of halogens is 3. The summed E-state index contributed by atoms with van der Waals surface area (Å²) >= 11 is 11.8. The van der Waals surface area contributed by atoms with Gasteiger partial charge in [0.2, 0.25) is 0 Å². The Bertz CT molecular complexity index is 656. The van der Waals surface area contributed by atoms with Crippen molar-refractivity contribution in [1.82, 2.24) is 14.5 Å². The number of nitrogens with zero attached hydrogens (tertiary/aromatic N) is 3. The van der Waals surface area contributed by atoms with Crippen molar-refractivity contribution in [3.8, 4) is 0 Å². The van der Waals surface area contributed by atoms with Gasteiger partial charge in [-0.1, -0.05) is 11.6 Å². The first-order chi connectivity index (χ1) is 10.1. The van der Waals surface area contributed by atoms with E-state index in [1.54, 1.807) is 6.07 Å². The van der Waals surface area contributed by atoms with Crippen LogP contribution in [0.4, 0.5) is 4.39 Å². The summed E-state index contributed by atoms with van der Waals surface area (Å²) in [6, 6.07) is 3.57. The molecule has 3 nitrogen and oxygen atoms in total. The average Bonchev–Trinajstić information content (AvgIpc) is 2.98. The minimum Gasteiger partial charge on any atom is -0.326 e. The minimum atomic E-state index is -0.427. The third-order valence-corrected chi connectivity index (χ3v) is 4.73. The number of rotatable bonds is 4. The van der Waals surface area contributed by atoms with Crippen molar-refractivity contribution < 1.29 is 4.39 Å². The van der Waals surface area contributed by atoms with E-state index in [2.05, 4.69) is 21.5 Å². The van der Waals surface area contributed by atoms with Crippen LogP contribution >= 0.6 is 23.2 Å². The topological polar surface area (TPSA) is 21.1 Å². The van der Waals surface area contributed by atoms with Gasteiger partial charge >= 0.3 is 0 Å². The van der Waals surface area contributed by atoms with E-state index in [1.165, 1.54) is 18.9 Å². The maximum absolute atomic E-state index is 13.6. The normalized spacial score (nSPS) is 19.7. The van der Waals surface area contributed by atoms with E-state index in [0.29, 0.717) is 23.9 Å². The molecule has 2 heterocycles. The number of hydrogen-bond donors (Lipinski definition) is 0. The van der Waals surface area contributed by atoms with Gasteiger partial charge in [0.15, 0.2) is 0 Å². The van der Waals surface area contributed by atoms with Crippen LogP contribution in [0.2, 0.25) is 5.02 Å². The van der Waals surface area contributed by atoms with Crippen molar-refractivity contribution >= 4 is 34.2 Å². The molecule has 0 bridgehead atoms. The molecular weight excluding hydrogens is 312 g/mol. The Hall–Kier alpha value is -0.840. The van der Waals surface area contributed by atoms with Crippen molar-refractivity contribution in [3.63, 3.8) is 0 Å². The molecular formula is C15H18Cl2FN3. The highest BCUT2D eigenvalue weighted by Crippen LogP contribution is 2.26. The van der Waals surface area contributed by atoms with Gasteiger partial charge in [-0.2, -0.15) is 0 Å². The third-order valence-electron chi connectivity index (χ3n) is 4.25. The first kappa shape index (κ1) is 15.1. The number of likely N-dealkylation sites (tertiary alicyclic amines) is 1. The molecule has 0 amide bonds. The molecule has 0 spiro atoms. The summed E-state index contributed by atoms with van der Waals surface area (Å²) in [6.07, 6.45) is 3.06. The van der Waals surface area contributed by atoms with Gasteiger partial charge in [0, 0.05) is 31.0 Å². The van der Waals surface area contributed by atoms with Crippen molar-refractivity contribution in [2.75, 3.05) is 19.5 Å². The quantitative estimate of drug-likeness (QED) is 0.797. The van der Waals surface area contributed by atoms with E-state index in [9.17, 15) is 4.39 Å². The highest BCUT2D eigenvalue weighted by atomic mass is 35.5. The van der Waals surface area contributed by atoms with Crippen molar-refractivity contribution in [3.05, 3.63) is 28.8 Å². The lowest BCUT2D eigenvalue weighted by molar-refractivity contribution is 0.282. The van der Waals surface area contributed by atoms with E-state index in [1.807, 2.05) is 0 Å². The fourth-order valence-corrected chi connectivity index (χ4v) is 3.40. The van der Waals surface area contributed by atoms with Gasteiger partial charge < -0.3 is 9.47 Å². The Labute approximate surface area is 133 Å². The number of alkyl halides is 1. The SMILES string of the molecule is CN1CCCC1Cn1c(CCCl)nc2cc(F)c(Cl)cc21. The molecule has 6 heteroatoms. The van der Waals surface area contributed by atoms with Crippen LogP contribution in [0.25, 0.3) is 11.0 Å². The molecule has 1 aromatic carbocycles. The molecule has 1 fully saturated rings. The zero-order valence-electron chi connectivity index (χ0n) is 12.0. The van der Waals surface area contributed by atoms with Gasteiger partial charge in [0.1, 0.15) is 11.6 Å². The van der Waals surface area contributed by atoms with Crippen molar-refractivity contribution in [1.29, 1.82) is 0 Å². The molecule has 3 rings (SSSR count). The fraction of sp³-hybridized carbons (Fsp3) is 0.533. The van der Waals surface area contributed by atoms with Crippen LogP contribution in [0.15, 0.2) is 12.1 Å². The molecule has 2 aromatic rings. The van der Waals surface area contributed by atoms with E-state index in [-0.39, 0.29) is 5.02 Å². The molecule has 0 radical (unpaired) electrons. The third kappa shape index (κ3) is 2.89. The van der Waals surface area contributed by atoms with Crippen LogP contribution in [0, 0.1) is 5.82 Å². The Morgan fingerprint density at radius 2 is 2.24 bits per heavy atom. The Morgan fingerprint density at radius 1 is 1.43 bits per heavy atom. The maximum atomic E-state index is 13.6. The van der Waals surface area contributed by atoms with Gasteiger partial charge in [-0.25, -0.2) is 9.37 Å². The number of benzene rings is 1. The number of likely N-dealkylation sites (N-methyl/N-ethyl adjacent to an activating group) is 1. The summed E-state index contributed by atoms with van der Waals surface area (Å²) in [4.78, 5) is 6.90. The van der Waals surface area contributed by atoms with Crippen LogP contribution in [-0.2, 0) is 13.0 Å². The fourth-order valence-electron chi connectivity index (χ4n) is 3.07. The summed E-state index contributed by atoms with van der Waals surface area (Å²) in [6.45, 7) is 1.97. The highest BCUT2D eigenvalue weighted by molar-refractivity contribution is 6.31. The number of hydrogen-bond acceptors (Lipinski definition) is 2. The van der Waals surface area contributed by atoms with Crippen molar-refractivity contribution in [2.24, 2.45) is 0 Å².